The summed E-state index contributed by atoms with van der Waals surface area (Å²) in [5.74, 6) is 0.959. The van der Waals surface area contributed by atoms with Crippen molar-refractivity contribution in [2.24, 2.45) is 16.6 Å². The molecule has 1 unspecified atom stereocenters. The first-order chi connectivity index (χ1) is 10.6. The van der Waals surface area contributed by atoms with E-state index in [-0.39, 0.29) is 5.91 Å². The molecule has 1 aromatic carbocycles. The van der Waals surface area contributed by atoms with Gasteiger partial charge in [-0.05, 0) is 36.5 Å². The van der Waals surface area contributed by atoms with Crippen molar-refractivity contribution >= 4 is 23.5 Å². The quantitative estimate of drug-likeness (QED) is 0.658. The third-order valence-corrected chi connectivity index (χ3v) is 4.14. The van der Waals surface area contributed by atoms with Gasteiger partial charge in [0.15, 0.2) is 5.96 Å². The summed E-state index contributed by atoms with van der Waals surface area (Å²) in [7, 11) is 1.78. The van der Waals surface area contributed by atoms with E-state index in [1.54, 1.807) is 7.05 Å². The van der Waals surface area contributed by atoms with Gasteiger partial charge in [0, 0.05) is 38.1 Å². The molecule has 1 saturated heterocycles. The van der Waals surface area contributed by atoms with E-state index in [1.165, 1.54) is 0 Å². The van der Waals surface area contributed by atoms with Crippen LogP contribution < -0.4 is 11.1 Å². The topological polar surface area (TPSA) is 70.7 Å². The number of guanidine groups is 1. The van der Waals surface area contributed by atoms with Crippen LogP contribution in [0.2, 0.25) is 5.02 Å². The molecule has 1 aliphatic heterocycles. The first kappa shape index (κ1) is 16.6. The highest BCUT2D eigenvalue weighted by molar-refractivity contribution is 6.30. The lowest BCUT2D eigenvalue weighted by atomic mass is 9.95. The predicted molar refractivity (Wildman–Crippen MR) is 89.8 cm³/mol. The van der Waals surface area contributed by atoms with Gasteiger partial charge in [-0.15, -0.1) is 0 Å². The number of benzene rings is 1. The number of rotatable bonds is 4. The third-order valence-electron chi connectivity index (χ3n) is 3.88. The second kappa shape index (κ2) is 8.03. The van der Waals surface area contributed by atoms with Gasteiger partial charge in [-0.3, -0.25) is 9.79 Å². The van der Waals surface area contributed by atoms with E-state index in [4.69, 9.17) is 17.3 Å². The third kappa shape index (κ3) is 4.91. The number of amides is 1. The number of nitrogens with two attached hydrogens (primary N) is 1. The lowest BCUT2D eigenvalue weighted by Gasteiger charge is -2.34. The average molecular weight is 323 g/mol. The molecule has 1 aliphatic rings. The highest BCUT2D eigenvalue weighted by Gasteiger charge is 2.23. The van der Waals surface area contributed by atoms with Crippen LogP contribution in [-0.4, -0.2) is 36.9 Å². The Hall–Kier alpha value is -1.75. The van der Waals surface area contributed by atoms with Gasteiger partial charge in [0.2, 0.25) is 5.91 Å². The number of primary amides is 1. The number of halogens is 1. The standard InChI is InChI=1S/C16H23ClN4O/c1-19-16(20-10-12-4-6-14(17)7-5-12)21-8-2-3-13(11-21)9-15(18)22/h4-7,13H,2-3,8-11H2,1H3,(H2,18,22)(H,19,20). The summed E-state index contributed by atoms with van der Waals surface area (Å²) in [6, 6.07) is 7.75. The van der Waals surface area contributed by atoms with Gasteiger partial charge in [0.05, 0.1) is 0 Å². The first-order valence-corrected chi connectivity index (χ1v) is 7.94. The molecular weight excluding hydrogens is 300 g/mol. The average Bonchev–Trinajstić information content (AvgIpc) is 2.49. The van der Waals surface area contributed by atoms with Gasteiger partial charge in [-0.25, -0.2) is 0 Å². The van der Waals surface area contributed by atoms with Gasteiger partial charge in [-0.1, -0.05) is 23.7 Å². The molecule has 1 heterocycles. The van der Waals surface area contributed by atoms with E-state index >= 15 is 0 Å². The summed E-state index contributed by atoms with van der Waals surface area (Å²) in [5, 5.41) is 4.10. The Bertz CT molecular complexity index is 529. The summed E-state index contributed by atoms with van der Waals surface area (Å²) in [6.45, 7) is 2.47. The second-order valence-corrected chi connectivity index (χ2v) is 6.09. The Labute approximate surface area is 136 Å². The van der Waals surface area contributed by atoms with E-state index in [0.29, 0.717) is 18.9 Å². The molecule has 1 amide bonds. The van der Waals surface area contributed by atoms with Crippen molar-refractivity contribution in [2.75, 3.05) is 20.1 Å². The molecule has 0 saturated carbocycles. The summed E-state index contributed by atoms with van der Waals surface area (Å²) < 4.78 is 0. The number of piperidine rings is 1. The molecule has 5 nitrogen and oxygen atoms in total. The number of nitrogens with zero attached hydrogens (tertiary/aromatic N) is 2. The highest BCUT2D eigenvalue weighted by atomic mass is 35.5. The number of likely N-dealkylation sites (tertiary alicyclic amines) is 1. The number of nitrogens with one attached hydrogen (secondary N) is 1. The van der Waals surface area contributed by atoms with Crippen LogP contribution in [0.1, 0.15) is 24.8 Å². The van der Waals surface area contributed by atoms with Crippen LogP contribution in [0.3, 0.4) is 0 Å². The van der Waals surface area contributed by atoms with Crippen molar-refractivity contribution in [3.63, 3.8) is 0 Å². The van der Waals surface area contributed by atoms with Crippen molar-refractivity contribution < 1.29 is 4.79 Å². The summed E-state index contributed by atoms with van der Waals surface area (Å²) >= 11 is 5.89. The van der Waals surface area contributed by atoms with Gasteiger partial charge in [-0.2, -0.15) is 0 Å². The maximum atomic E-state index is 11.1. The van der Waals surface area contributed by atoms with Crippen LogP contribution in [0.4, 0.5) is 0 Å². The fourth-order valence-electron chi connectivity index (χ4n) is 2.82. The van der Waals surface area contributed by atoms with Crippen molar-refractivity contribution in [2.45, 2.75) is 25.8 Å². The molecule has 1 fully saturated rings. The maximum absolute atomic E-state index is 11.1. The van der Waals surface area contributed by atoms with Crippen molar-refractivity contribution in [3.05, 3.63) is 34.9 Å². The van der Waals surface area contributed by atoms with Gasteiger partial charge >= 0.3 is 0 Å². The molecule has 120 valence electrons. The van der Waals surface area contributed by atoms with Crippen molar-refractivity contribution in [1.82, 2.24) is 10.2 Å². The Morgan fingerprint density at radius 2 is 2.18 bits per heavy atom. The van der Waals surface area contributed by atoms with Crippen LogP contribution in [0.5, 0.6) is 0 Å². The van der Waals surface area contributed by atoms with Crippen LogP contribution >= 0.6 is 11.6 Å². The molecule has 6 heteroatoms. The molecule has 1 aromatic rings. The zero-order valence-corrected chi connectivity index (χ0v) is 13.6. The molecule has 0 bridgehead atoms. The lowest BCUT2D eigenvalue weighted by molar-refractivity contribution is -0.119. The molecule has 22 heavy (non-hydrogen) atoms. The van der Waals surface area contributed by atoms with Crippen molar-refractivity contribution in [1.29, 1.82) is 0 Å². The molecule has 0 aromatic heterocycles. The Balaban J connectivity index is 1.90. The van der Waals surface area contributed by atoms with Crippen LogP contribution in [0.15, 0.2) is 29.3 Å². The Kier molecular flexibility index (Phi) is 6.07. The molecule has 1 atom stereocenters. The molecule has 3 N–H and O–H groups in total. The Morgan fingerprint density at radius 1 is 1.45 bits per heavy atom. The fraction of sp³-hybridized carbons (Fsp3) is 0.500. The monoisotopic (exact) mass is 322 g/mol. The van der Waals surface area contributed by atoms with Crippen molar-refractivity contribution in [3.8, 4) is 0 Å². The normalized spacial score (nSPS) is 19.1. The number of aliphatic imine (C=N–C) groups is 1. The Morgan fingerprint density at radius 3 is 2.82 bits per heavy atom. The number of carbonyl (C=O) groups is 1. The van der Waals surface area contributed by atoms with Gasteiger partial charge in [0.25, 0.3) is 0 Å². The molecule has 2 rings (SSSR count). The molecule has 0 aliphatic carbocycles. The van der Waals surface area contributed by atoms with Crippen LogP contribution in [0, 0.1) is 5.92 Å². The number of carbonyl (C=O) groups excluding carboxylic acids is 1. The maximum Gasteiger partial charge on any atom is 0.217 e. The fourth-order valence-corrected chi connectivity index (χ4v) is 2.95. The van der Waals surface area contributed by atoms with Crippen LogP contribution in [-0.2, 0) is 11.3 Å². The SMILES string of the molecule is CN=C(NCc1ccc(Cl)cc1)N1CCCC(CC(N)=O)C1. The summed E-state index contributed by atoms with van der Waals surface area (Å²) in [5.41, 5.74) is 6.46. The van der Waals surface area contributed by atoms with E-state index in [1.807, 2.05) is 24.3 Å². The lowest BCUT2D eigenvalue weighted by Crippen LogP contribution is -2.46. The predicted octanol–water partition coefficient (Wildman–Crippen LogP) is 2.00. The zero-order chi connectivity index (χ0) is 15.9. The minimum Gasteiger partial charge on any atom is -0.370 e. The number of hydrogen-bond acceptors (Lipinski definition) is 2. The minimum absolute atomic E-state index is 0.226. The zero-order valence-electron chi connectivity index (χ0n) is 12.9. The van der Waals surface area contributed by atoms with Gasteiger partial charge < -0.3 is 16.0 Å². The summed E-state index contributed by atoms with van der Waals surface area (Å²) in [6.07, 6.45) is 2.55. The first-order valence-electron chi connectivity index (χ1n) is 7.57. The molecule has 0 spiro atoms. The van der Waals surface area contributed by atoms with Crippen LogP contribution in [0.25, 0.3) is 0 Å². The summed E-state index contributed by atoms with van der Waals surface area (Å²) in [4.78, 5) is 17.6. The smallest absolute Gasteiger partial charge is 0.217 e. The van der Waals surface area contributed by atoms with Gasteiger partial charge in [0.1, 0.15) is 0 Å². The molecule has 0 radical (unpaired) electrons. The van der Waals surface area contributed by atoms with E-state index in [9.17, 15) is 4.79 Å². The second-order valence-electron chi connectivity index (χ2n) is 5.65. The molecular formula is C16H23ClN4O. The van der Waals surface area contributed by atoms with E-state index in [2.05, 4.69) is 15.2 Å². The highest BCUT2D eigenvalue weighted by Crippen LogP contribution is 2.19. The van der Waals surface area contributed by atoms with E-state index < -0.39 is 0 Å². The minimum atomic E-state index is -0.226. The largest absolute Gasteiger partial charge is 0.370 e. The number of hydrogen-bond donors (Lipinski definition) is 2. The van der Waals surface area contributed by atoms with E-state index in [0.717, 1.165) is 42.5 Å².